The first kappa shape index (κ1) is 14.4. The highest BCUT2D eigenvalue weighted by Gasteiger charge is 2.21. The van der Waals surface area contributed by atoms with Gasteiger partial charge in [-0.05, 0) is 11.3 Å². The lowest BCUT2D eigenvalue weighted by atomic mass is 9.82. The molecular weight excluding hydrogens is 192 g/mol. The summed E-state index contributed by atoms with van der Waals surface area (Å²) in [4.78, 5) is 11.4. The number of hydrogen-bond donors (Lipinski definition) is 2. The first-order chi connectivity index (χ1) is 6.79. The lowest BCUT2D eigenvalue weighted by Gasteiger charge is -2.27. The minimum atomic E-state index is -0.567. The molecule has 2 atom stereocenters. The van der Waals surface area contributed by atoms with E-state index in [4.69, 9.17) is 10.5 Å². The van der Waals surface area contributed by atoms with Gasteiger partial charge in [0.15, 0.2) is 0 Å². The first-order valence-corrected chi connectivity index (χ1v) is 5.31. The van der Waals surface area contributed by atoms with Gasteiger partial charge in [0.1, 0.15) is 6.04 Å². The molecule has 2 unspecified atom stereocenters. The van der Waals surface area contributed by atoms with Crippen LogP contribution in [0.4, 0.5) is 0 Å². The maximum Gasteiger partial charge on any atom is 0.239 e. The predicted octanol–water partition coefficient (Wildman–Crippen LogP) is 0.759. The average Bonchev–Trinajstić information content (AvgIpc) is 2.12. The molecule has 0 aliphatic carbocycles. The fourth-order valence-electron chi connectivity index (χ4n) is 0.946. The molecule has 0 fully saturated rings. The van der Waals surface area contributed by atoms with E-state index in [2.05, 4.69) is 33.0 Å². The van der Waals surface area contributed by atoms with Crippen LogP contribution in [0.15, 0.2) is 0 Å². The van der Waals surface area contributed by atoms with E-state index >= 15 is 0 Å². The zero-order valence-corrected chi connectivity index (χ0v) is 10.5. The second-order valence-electron chi connectivity index (χ2n) is 5.07. The summed E-state index contributed by atoms with van der Waals surface area (Å²) >= 11 is 0. The Bertz CT molecular complexity index is 199. The van der Waals surface area contributed by atoms with Crippen LogP contribution in [0.1, 0.15) is 27.7 Å². The summed E-state index contributed by atoms with van der Waals surface area (Å²) < 4.78 is 4.81. The number of carbonyl (C=O) groups excluding carboxylic acids is 1. The van der Waals surface area contributed by atoms with Crippen molar-refractivity contribution < 1.29 is 9.53 Å². The van der Waals surface area contributed by atoms with Gasteiger partial charge in [-0.1, -0.05) is 27.7 Å². The average molecular weight is 216 g/mol. The van der Waals surface area contributed by atoms with Crippen molar-refractivity contribution in [1.29, 1.82) is 0 Å². The van der Waals surface area contributed by atoms with Crippen molar-refractivity contribution in [3.63, 3.8) is 0 Å². The molecule has 1 amide bonds. The van der Waals surface area contributed by atoms with Crippen LogP contribution in [0.25, 0.3) is 0 Å². The van der Waals surface area contributed by atoms with Gasteiger partial charge in [-0.3, -0.25) is 4.79 Å². The van der Waals surface area contributed by atoms with Crippen LogP contribution in [-0.4, -0.2) is 32.2 Å². The Hall–Kier alpha value is -0.610. The van der Waals surface area contributed by atoms with Crippen LogP contribution in [-0.2, 0) is 9.53 Å². The number of nitrogens with one attached hydrogen (secondary N) is 1. The normalized spacial score (nSPS) is 15.9. The molecule has 0 saturated carbocycles. The van der Waals surface area contributed by atoms with Gasteiger partial charge in [-0.15, -0.1) is 0 Å². The number of amides is 1. The van der Waals surface area contributed by atoms with Crippen molar-refractivity contribution in [1.82, 2.24) is 5.32 Å². The lowest BCUT2D eigenvalue weighted by Crippen LogP contribution is -2.45. The van der Waals surface area contributed by atoms with Crippen molar-refractivity contribution in [3.05, 3.63) is 0 Å². The van der Waals surface area contributed by atoms with Gasteiger partial charge in [0.05, 0.1) is 6.61 Å². The van der Waals surface area contributed by atoms with E-state index in [0.717, 1.165) is 0 Å². The molecule has 0 spiro atoms. The molecule has 0 aliphatic rings. The minimum absolute atomic E-state index is 0.145. The highest BCUT2D eigenvalue weighted by Crippen LogP contribution is 2.24. The molecule has 3 N–H and O–H groups in total. The van der Waals surface area contributed by atoms with Crippen LogP contribution in [0.5, 0.6) is 0 Å². The van der Waals surface area contributed by atoms with Gasteiger partial charge < -0.3 is 15.8 Å². The van der Waals surface area contributed by atoms with Crippen molar-refractivity contribution in [2.45, 2.75) is 33.7 Å². The third-order valence-electron chi connectivity index (χ3n) is 2.74. The van der Waals surface area contributed by atoms with E-state index in [0.29, 0.717) is 12.5 Å². The molecule has 90 valence electrons. The van der Waals surface area contributed by atoms with Gasteiger partial charge in [-0.25, -0.2) is 0 Å². The van der Waals surface area contributed by atoms with Crippen LogP contribution >= 0.6 is 0 Å². The van der Waals surface area contributed by atoms with E-state index < -0.39 is 6.04 Å². The highest BCUT2D eigenvalue weighted by atomic mass is 16.5. The molecular formula is C11H24N2O2. The quantitative estimate of drug-likeness (QED) is 0.713. The van der Waals surface area contributed by atoms with Crippen molar-refractivity contribution in [2.24, 2.45) is 17.1 Å². The summed E-state index contributed by atoms with van der Waals surface area (Å²) in [6.45, 7) is 9.48. The topological polar surface area (TPSA) is 64.3 Å². The Labute approximate surface area is 92.6 Å². The minimum Gasteiger partial charge on any atom is -0.383 e. The fraction of sp³-hybridized carbons (Fsp3) is 0.909. The second kappa shape index (κ2) is 6.08. The summed E-state index contributed by atoms with van der Waals surface area (Å²) in [5.74, 6) is 0.268. The van der Waals surface area contributed by atoms with Crippen molar-refractivity contribution in [3.8, 4) is 0 Å². The van der Waals surface area contributed by atoms with Crippen LogP contribution in [0.2, 0.25) is 0 Å². The van der Waals surface area contributed by atoms with E-state index in [-0.39, 0.29) is 17.9 Å². The van der Waals surface area contributed by atoms with Gasteiger partial charge in [0.25, 0.3) is 0 Å². The standard InChI is InChI=1S/C11H24N2O2/c1-8(11(2,3)4)6-13-10(14)9(12)7-15-5/h8-9H,6-7,12H2,1-5H3,(H,13,14). The Morgan fingerprint density at radius 1 is 1.47 bits per heavy atom. The number of ether oxygens (including phenoxy) is 1. The largest absolute Gasteiger partial charge is 0.383 e. The number of rotatable bonds is 5. The summed E-state index contributed by atoms with van der Waals surface area (Å²) in [5, 5.41) is 2.83. The zero-order valence-electron chi connectivity index (χ0n) is 10.5. The van der Waals surface area contributed by atoms with Crippen molar-refractivity contribution in [2.75, 3.05) is 20.3 Å². The maximum atomic E-state index is 11.4. The molecule has 0 aromatic heterocycles. The predicted molar refractivity (Wildman–Crippen MR) is 61.5 cm³/mol. The van der Waals surface area contributed by atoms with Gasteiger partial charge in [-0.2, -0.15) is 0 Å². The first-order valence-electron chi connectivity index (χ1n) is 5.31. The molecule has 0 aromatic carbocycles. The van der Waals surface area contributed by atoms with Crippen molar-refractivity contribution >= 4 is 5.91 Å². The number of carbonyl (C=O) groups is 1. The van der Waals surface area contributed by atoms with Crippen LogP contribution in [0, 0.1) is 11.3 Å². The summed E-state index contributed by atoms with van der Waals surface area (Å²) in [6.07, 6.45) is 0. The summed E-state index contributed by atoms with van der Waals surface area (Å²) in [5.41, 5.74) is 5.78. The second-order valence-corrected chi connectivity index (χ2v) is 5.07. The van der Waals surface area contributed by atoms with Crippen LogP contribution < -0.4 is 11.1 Å². The zero-order chi connectivity index (χ0) is 12.1. The Balaban J connectivity index is 3.90. The Morgan fingerprint density at radius 3 is 2.40 bits per heavy atom. The number of nitrogens with two attached hydrogens (primary N) is 1. The molecule has 4 heteroatoms. The molecule has 0 aromatic rings. The molecule has 4 nitrogen and oxygen atoms in total. The number of methoxy groups -OCH3 is 1. The summed E-state index contributed by atoms with van der Waals surface area (Å²) in [7, 11) is 1.53. The molecule has 0 radical (unpaired) electrons. The SMILES string of the molecule is COCC(N)C(=O)NCC(C)C(C)(C)C. The maximum absolute atomic E-state index is 11.4. The van der Waals surface area contributed by atoms with Gasteiger partial charge >= 0.3 is 0 Å². The van der Waals surface area contributed by atoms with Gasteiger partial charge in [0.2, 0.25) is 5.91 Å². The molecule has 0 rings (SSSR count). The molecule has 0 bridgehead atoms. The lowest BCUT2D eigenvalue weighted by molar-refractivity contribution is -0.123. The fourth-order valence-corrected chi connectivity index (χ4v) is 0.946. The van der Waals surface area contributed by atoms with E-state index in [1.165, 1.54) is 7.11 Å². The van der Waals surface area contributed by atoms with Gasteiger partial charge in [0, 0.05) is 13.7 Å². The molecule has 0 saturated heterocycles. The third-order valence-corrected chi connectivity index (χ3v) is 2.74. The van der Waals surface area contributed by atoms with E-state index in [1.54, 1.807) is 0 Å². The molecule has 15 heavy (non-hydrogen) atoms. The molecule has 0 heterocycles. The third kappa shape index (κ3) is 5.74. The van der Waals surface area contributed by atoms with Crippen LogP contribution in [0.3, 0.4) is 0 Å². The summed E-state index contributed by atoms with van der Waals surface area (Å²) in [6, 6.07) is -0.567. The highest BCUT2D eigenvalue weighted by molar-refractivity contribution is 5.81. The number of hydrogen-bond acceptors (Lipinski definition) is 3. The van der Waals surface area contributed by atoms with E-state index in [1.807, 2.05) is 0 Å². The smallest absolute Gasteiger partial charge is 0.239 e. The monoisotopic (exact) mass is 216 g/mol. The Morgan fingerprint density at radius 2 is 2.00 bits per heavy atom. The molecule has 0 aliphatic heterocycles. The Kier molecular flexibility index (Phi) is 5.83. The van der Waals surface area contributed by atoms with E-state index in [9.17, 15) is 4.79 Å².